The number of ether oxygens (including phenoxy) is 2. The van der Waals surface area contributed by atoms with E-state index in [2.05, 4.69) is 0 Å². The van der Waals surface area contributed by atoms with E-state index >= 15 is 0 Å². The van der Waals surface area contributed by atoms with E-state index < -0.39 is 5.82 Å². The van der Waals surface area contributed by atoms with Crippen LogP contribution in [0, 0.1) is 23.6 Å². The second-order valence-corrected chi connectivity index (χ2v) is 11.7. The molecule has 1 aromatic carbocycles. The molecule has 2 unspecified atom stereocenters. The molecule has 4 fully saturated rings. The van der Waals surface area contributed by atoms with Gasteiger partial charge in [-0.3, -0.25) is 14.7 Å². The summed E-state index contributed by atoms with van der Waals surface area (Å²) in [5.74, 6) is 0.862. The molecule has 8 nitrogen and oxygen atoms in total. The number of carbonyl (C=O) groups is 2. The molecule has 38 heavy (non-hydrogen) atoms. The number of aromatic nitrogens is 1. The van der Waals surface area contributed by atoms with E-state index in [0.29, 0.717) is 61.0 Å². The van der Waals surface area contributed by atoms with E-state index in [9.17, 15) is 14.0 Å². The van der Waals surface area contributed by atoms with Gasteiger partial charge in [-0.2, -0.15) is 0 Å². The van der Waals surface area contributed by atoms with E-state index in [1.807, 2.05) is 11.0 Å². The van der Waals surface area contributed by atoms with E-state index in [0.717, 1.165) is 56.5 Å². The summed E-state index contributed by atoms with van der Waals surface area (Å²) in [7, 11) is 0. The molecule has 0 bridgehead atoms. The van der Waals surface area contributed by atoms with Gasteiger partial charge >= 0.3 is 0 Å². The van der Waals surface area contributed by atoms with Crippen LogP contribution in [0.3, 0.4) is 0 Å². The summed E-state index contributed by atoms with van der Waals surface area (Å²) in [4.78, 5) is 35.4. The fraction of sp³-hybridized carbons (Fsp3) is 0.536. The molecule has 2 N–H and O–H groups in total. The third-order valence-corrected chi connectivity index (χ3v) is 8.77. The van der Waals surface area contributed by atoms with Gasteiger partial charge in [-0.15, -0.1) is 0 Å². The third-order valence-electron chi connectivity index (χ3n) is 8.24. The first-order chi connectivity index (χ1) is 18.5. The van der Waals surface area contributed by atoms with Crippen molar-refractivity contribution < 1.29 is 23.5 Å². The number of benzene rings is 1. The summed E-state index contributed by atoms with van der Waals surface area (Å²) in [6, 6.07) is 8.16. The lowest BCUT2D eigenvalue weighted by Gasteiger charge is -2.23. The summed E-state index contributed by atoms with van der Waals surface area (Å²) in [6.45, 7) is 4.32. The van der Waals surface area contributed by atoms with Gasteiger partial charge in [0, 0.05) is 79.4 Å². The Hall–Kier alpha value is -2.69. The van der Waals surface area contributed by atoms with E-state index in [1.165, 1.54) is 12.1 Å². The number of likely N-dealkylation sites (tertiary alicyclic amines) is 2. The number of carbonyl (C=O) groups excluding carboxylic acids is 2. The van der Waals surface area contributed by atoms with Crippen molar-refractivity contribution in [1.29, 1.82) is 0 Å². The molecule has 2 aromatic rings. The van der Waals surface area contributed by atoms with Gasteiger partial charge in [0.15, 0.2) is 0 Å². The average Bonchev–Trinajstić information content (AvgIpc) is 3.61. The second kappa shape index (κ2) is 10.8. The predicted molar refractivity (Wildman–Crippen MR) is 140 cm³/mol. The van der Waals surface area contributed by atoms with Crippen LogP contribution in [0.4, 0.5) is 4.39 Å². The smallest absolute Gasteiger partial charge is 0.256 e. The van der Waals surface area contributed by atoms with Crippen LogP contribution >= 0.6 is 11.9 Å². The van der Waals surface area contributed by atoms with Gasteiger partial charge in [-0.25, -0.2) is 9.37 Å². The topological polar surface area (TPSA) is 98.0 Å². The molecule has 2 amide bonds. The minimum Gasteiger partial charge on any atom is -0.477 e. The molecule has 10 heteroatoms. The Labute approximate surface area is 226 Å². The Bertz CT molecular complexity index is 1210. The van der Waals surface area contributed by atoms with Gasteiger partial charge in [-0.1, -0.05) is 0 Å². The molecule has 6 rings (SSSR count). The highest BCUT2D eigenvalue weighted by molar-refractivity contribution is 7.97. The first-order valence-electron chi connectivity index (χ1n) is 13.5. The summed E-state index contributed by atoms with van der Waals surface area (Å²) >= 11 is 0.947. The maximum absolute atomic E-state index is 14.5. The molecule has 202 valence electrons. The van der Waals surface area contributed by atoms with Crippen LogP contribution in [0.2, 0.25) is 0 Å². The third kappa shape index (κ3) is 5.39. The standard InChI is InChI=1S/C28H33FN4O4S/c29-24-11-22(38-30)3-4-23(24)28(35)33-14-20-12-32(13-21(20)15-33)27(34)19-9-25(18-1-2-18)31-26(10-19)37-16-17-5-7-36-8-6-17/h3-4,9-11,17-18,20-21H,1-2,5-8,12-16,30H2. The number of nitrogens with two attached hydrogens (primary N) is 1. The van der Waals surface area contributed by atoms with Crippen LogP contribution in [0.5, 0.6) is 5.88 Å². The van der Waals surface area contributed by atoms with Crippen LogP contribution in [0.15, 0.2) is 35.2 Å². The van der Waals surface area contributed by atoms with E-state index in [4.69, 9.17) is 19.6 Å². The van der Waals surface area contributed by atoms with Crippen molar-refractivity contribution in [1.82, 2.24) is 14.8 Å². The number of pyridine rings is 1. The van der Waals surface area contributed by atoms with Crippen LogP contribution in [0.1, 0.15) is 58.0 Å². The molecule has 4 heterocycles. The molecule has 1 aromatic heterocycles. The quantitative estimate of drug-likeness (QED) is 0.535. The lowest BCUT2D eigenvalue weighted by molar-refractivity contribution is 0.0490. The van der Waals surface area contributed by atoms with Gasteiger partial charge in [0.05, 0.1) is 12.2 Å². The maximum Gasteiger partial charge on any atom is 0.256 e. The lowest BCUT2D eigenvalue weighted by Crippen LogP contribution is -2.36. The van der Waals surface area contributed by atoms with Gasteiger partial charge < -0.3 is 19.3 Å². The molecule has 3 saturated heterocycles. The van der Waals surface area contributed by atoms with Crippen LogP contribution in [-0.2, 0) is 4.74 Å². The highest BCUT2D eigenvalue weighted by Crippen LogP contribution is 2.40. The molecule has 2 atom stereocenters. The Balaban J connectivity index is 1.10. The summed E-state index contributed by atoms with van der Waals surface area (Å²) < 4.78 is 26.0. The normalized spacial score (nSPS) is 23.5. The highest BCUT2D eigenvalue weighted by Gasteiger charge is 2.44. The Morgan fingerprint density at radius 3 is 2.32 bits per heavy atom. The fourth-order valence-corrected chi connectivity index (χ4v) is 6.17. The van der Waals surface area contributed by atoms with Crippen LogP contribution in [0.25, 0.3) is 0 Å². The van der Waals surface area contributed by atoms with Crippen molar-refractivity contribution in [3.63, 3.8) is 0 Å². The van der Waals surface area contributed by atoms with Gasteiger partial charge in [0.1, 0.15) is 5.82 Å². The molecule has 0 spiro atoms. The Morgan fingerprint density at radius 2 is 1.68 bits per heavy atom. The minimum atomic E-state index is -0.557. The molecule has 3 aliphatic heterocycles. The second-order valence-electron chi connectivity index (χ2n) is 11.0. The van der Waals surface area contributed by atoms with Crippen LogP contribution < -0.4 is 9.88 Å². The highest BCUT2D eigenvalue weighted by atomic mass is 32.2. The van der Waals surface area contributed by atoms with E-state index in [-0.39, 0.29) is 29.2 Å². The van der Waals surface area contributed by atoms with Crippen molar-refractivity contribution >= 4 is 23.8 Å². The van der Waals surface area contributed by atoms with Gasteiger partial charge in [0.2, 0.25) is 5.88 Å². The van der Waals surface area contributed by atoms with Crippen molar-refractivity contribution in [2.24, 2.45) is 22.9 Å². The number of hydrogen-bond acceptors (Lipinski definition) is 7. The Kier molecular flexibility index (Phi) is 7.29. The number of amides is 2. The van der Waals surface area contributed by atoms with Crippen molar-refractivity contribution in [2.75, 3.05) is 46.0 Å². The maximum atomic E-state index is 14.5. The zero-order valence-corrected chi connectivity index (χ0v) is 22.1. The summed E-state index contributed by atoms with van der Waals surface area (Å²) in [6.07, 6.45) is 4.15. The van der Waals surface area contributed by atoms with Crippen LogP contribution in [-0.4, -0.2) is 72.6 Å². The first-order valence-corrected chi connectivity index (χ1v) is 14.3. The average molecular weight is 541 g/mol. The molecule has 0 radical (unpaired) electrons. The number of rotatable bonds is 7. The predicted octanol–water partition coefficient (Wildman–Crippen LogP) is 3.71. The molecule has 4 aliphatic rings. The summed E-state index contributed by atoms with van der Waals surface area (Å²) in [5.41, 5.74) is 1.63. The minimum absolute atomic E-state index is 0.0154. The summed E-state index contributed by atoms with van der Waals surface area (Å²) in [5, 5.41) is 5.50. The first kappa shape index (κ1) is 25.6. The lowest BCUT2D eigenvalue weighted by atomic mass is 10.0. The largest absolute Gasteiger partial charge is 0.477 e. The molecular formula is C28H33FN4O4S. The zero-order chi connectivity index (χ0) is 26.2. The van der Waals surface area contributed by atoms with Crippen molar-refractivity contribution in [3.05, 3.63) is 53.0 Å². The van der Waals surface area contributed by atoms with Gasteiger partial charge in [-0.05, 0) is 67.8 Å². The Morgan fingerprint density at radius 1 is 1.00 bits per heavy atom. The van der Waals surface area contributed by atoms with Gasteiger partial charge in [0.25, 0.3) is 11.8 Å². The SMILES string of the molecule is NSc1ccc(C(=O)N2CC3CN(C(=O)c4cc(OCC5CCOCC5)nc(C5CC5)c4)CC3C2)c(F)c1. The monoisotopic (exact) mass is 540 g/mol. The molecule has 1 aliphatic carbocycles. The van der Waals surface area contributed by atoms with E-state index in [1.54, 1.807) is 17.0 Å². The van der Waals surface area contributed by atoms with Crippen molar-refractivity contribution in [3.8, 4) is 5.88 Å². The number of hydrogen-bond donors (Lipinski definition) is 1. The fourth-order valence-electron chi connectivity index (χ4n) is 5.85. The molecule has 1 saturated carbocycles. The zero-order valence-electron chi connectivity index (χ0n) is 21.3. The number of halogens is 1. The van der Waals surface area contributed by atoms with Crippen molar-refractivity contribution in [2.45, 2.75) is 36.5 Å². The molecular weight excluding hydrogens is 507 g/mol. The number of fused-ring (bicyclic) bond motifs is 1. The number of nitrogens with zero attached hydrogens (tertiary/aromatic N) is 3.